The Labute approximate surface area is 289 Å². The van der Waals surface area contributed by atoms with Gasteiger partial charge >= 0.3 is 5.97 Å². The number of amidine groups is 1. The van der Waals surface area contributed by atoms with Crippen molar-refractivity contribution in [2.75, 3.05) is 17.7 Å². The molecular formula is C39H37N5O6. The molecule has 0 aliphatic carbocycles. The standard InChI is InChI=1S/C39H37N5O6/c1-49-32-22-30(31(43-34(45)21-25-11-5-2-6-12-25)23-33(32)50-24-26-13-7-3-8-14-26)36(42-29-19-17-28(18-20-29)37(40)41)38(46)44-35(39(47)48)27-15-9-4-10-16-27/h2-20,22-23,35-36,42H,21,24H2,1H3,(H3,40,41)(H,43,45)(H,44,46)(H,47,48)/t35-,36+/m0/s1. The molecule has 7 N–H and O–H groups in total. The van der Waals surface area contributed by atoms with Crippen LogP contribution in [0.2, 0.25) is 0 Å². The maximum Gasteiger partial charge on any atom is 0.330 e. The minimum Gasteiger partial charge on any atom is -0.493 e. The fraction of sp³-hybridized carbons (Fsp3) is 0.128. The summed E-state index contributed by atoms with van der Waals surface area (Å²) in [4.78, 5) is 40.1. The highest BCUT2D eigenvalue weighted by atomic mass is 16.5. The normalized spacial score (nSPS) is 11.8. The van der Waals surface area contributed by atoms with Crippen LogP contribution in [0.5, 0.6) is 11.5 Å². The predicted molar refractivity (Wildman–Crippen MR) is 191 cm³/mol. The Kier molecular flexibility index (Phi) is 11.4. The van der Waals surface area contributed by atoms with Gasteiger partial charge in [0.2, 0.25) is 11.8 Å². The zero-order valence-electron chi connectivity index (χ0n) is 27.3. The number of carboxylic acid groups (broad SMARTS) is 1. The highest BCUT2D eigenvalue weighted by Crippen LogP contribution is 2.38. The molecule has 0 spiro atoms. The van der Waals surface area contributed by atoms with Gasteiger partial charge in [-0.2, -0.15) is 0 Å². The van der Waals surface area contributed by atoms with Crippen LogP contribution in [-0.2, 0) is 27.4 Å². The van der Waals surface area contributed by atoms with E-state index in [0.29, 0.717) is 22.6 Å². The summed E-state index contributed by atoms with van der Waals surface area (Å²) in [5, 5.41) is 26.7. The number of hydrogen-bond donors (Lipinski definition) is 6. The molecule has 0 unspecified atom stereocenters. The summed E-state index contributed by atoms with van der Waals surface area (Å²) in [6.07, 6.45) is 0.0540. The third-order valence-electron chi connectivity index (χ3n) is 7.80. The zero-order chi connectivity index (χ0) is 35.5. The number of carboxylic acids is 1. The van der Waals surface area contributed by atoms with Gasteiger partial charge in [0.1, 0.15) is 18.5 Å². The van der Waals surface area contributed by atoms with Crippen LogP contribution in [0.25, 0.3) is 0 Å². The molecule has 5 aromatic carbocycles. The summed E-state index contributed by atoms with van der Waals surface area (Å²) in [7, 11) is 1.46. The van der Waals surface area contributed by atoms with Crippen LogP contribution in [0, 0.1) is 5.41 Å². The van der Waals surface area contributed by atoms with Crippen molar-refractivity contribution in [1.82, 2.24) is 5.32 Å². The minimum atomic E-state index is -1.38. The summed E-state index contributed by atoms with van der Waals surface area (Å²) in [6.45, 7) is 0.204. The highest BCUT2D eigenvalue weighted by Gasteiger charge is 2.31. The number of anilines is 2. The number of carbonyl (C=O) groups is 3. The molecule has 0 fully saturated rings. The number of rotatable bonds is 15. The van der Waals surface area contributed by atoms with Crippen molar-refractivity contribution in [2.45, 2.75) is 25.1 Å². The minimum absolute atomic E-state index is 0.0540. The molecular weight excluding hydrogens is 634 g/mol. The molecule has 2 amide bonds. The van der Waals surface area contributed by atoms with Crippen molar-refractivity contribution < 1.29 is 29.0 Å². The van der Waals surface area contributed by atoms with Gasteiger partial charge in [0.05, 0.1) is 19.2 Å². The fourth-order valence-electron chi connectivity index (χ4n) is 5.26. The number of nitrogens with one attached hydrogen (secondary N) is 4. The summed E-state index contributed by atoms with van der Waals surface area (Å²) in [5.74, 6) is -1.84. The molecule has 0 radical (unpaired) electrons. The highest BCUT2D eigenvalue weighted by molar-refractivity contribution is 5.97. The summed E-state index contributed by atoms with van der Waals surface area (Å²) >= 11 is 0. The molecule has 5 aromatic rings. The number of methoxy groups -OCH3 is 1. The Hall–Kier alpha value is -6.62. The first-order valence-corrected chi connectivity index (χ1v) is 15.7. The third kappa shape index (κ3) is 9.04. The van der Waals surface area contributed by atoms with E-state index < -0.39 is 24.0 Å². The van der Waals surface area contributed by atoms with Crippen LogP contribution in [0.4, 0.5) is 11.4 Å². The van der Waals surface area contributed by atoms with Crippen molar-refractivity contribution in [3.05, 3.63) is 155 Å². The van der Waals surface area contributed by atoms with Gasteiger partial charge in [-0.05, 0) is 47.0 Å². The number of amides is 2. The molecule has 0 bridgehead atoms. The molecule has 0 saturated carbocycles. The van der Waals surface area contributed by atoms with E-state index >= 15 is 0 Å². The number of aliphatic carboxylic acids is 1. The second-order valence-corrected chi connectivity index (χ2v) is 11.3. The van der Waals surface area contributed by atoms with E-state index in [1.807, 2.05) is 60.7 Å². The van der Waals surface area contributed by atoms with Crippen LogP contribution in [-0.4, -0.2) is 35.8 Å². The smallest absolute Gasteiger partial charge is 0.330 e. The van der Waals surface area contributed by atoms with E-state index in [1.54, 1.807) is 66.7 Å². The van der Waals surface area contributed by atoms with E-state index in [1.165, 1.54) is 7.11 Å². The van der Waals surface area contributed by atoms with Gasteiger partial charge in [0.15, 0.2) is 17.5 Å². The van der Waals surface area contributed by atoms with E-state index in [4.69, 9.17) is 20.6 Å². The second kappa shape index (κ2) is 16.5. The maximum atomic E-state index is 14.3. The Morgan fingerprint density at radius 1 is 0.780 bits per heavy atom. The molecule has 254 valence electrons. The first-order chi connectivity index (χ1) is 24.2. The van der Waals surface area contributed by atoms with Crippen LogP contribution in [0.15, 0.2) is 127 Å². The van der Waals surface area contributed by atoms with Gasteiger partial charge in [-0.25, -0.2) is 4.79 Å². The Bertz CT molecular complexity index is 1940. The average Bonchev–Trinajstić information content (AvgIpc) is 3.13. The summed E-state index contributed by atoms with van der Waals surface area (Å²) in [5.41, 5.74) is 9.17. The molecule has 11 nitrogen and oxygen atoms in total. The maximum absolute atomic E-state index is 14.3. The van der Waals surface area contributed by atoms with Crippen molar-refractivity contribution in [3.8, 4) is 11.5 Å². The molecule has 2 atom stereocenters. The fourth-order valence-corrected chi connectivity index (χ4v) is 5.26. The van der Waals surface area contributed by atoms with Gasteiger partial charge in [-0.1, -0.05) is 91.0 Å². The molecule has 0 aromatic heterocycles. The van der Waals surface area contributed by atoms with Gasteiger partial charge < -0.3 is 36.3 Å². The quantitative estimate of drug-likeness (QED) is 0.0595. The van der Waals surface area contributed by atoms with Crippen molar-refractivity contribution in [1.29, 1.82) is 5.41 Å². The van der Waals surface area contributed by atoms with E-state index in [0.717, 1.165) is 11.1 Å². The molecule has 50 heavy (non-hydrogen) atoms. The Balaban J connectivity index is 1.58. The lowest BCUT2D eigenvalue weighted by molar-refractivity contribution is -0.142. The lowest BCUT2D eigenvalue weighted by atomic mass is 9.99. The molecule has 5 rings (SSSR count). The van der Waals surface area contributed by atoms with Gasteiger partial charge in [-0.15, -0.1) is 0 Å². The van der Waals surface area contributed by atoms with Gasteiger partial charge in [0, 0.05) is 22.9 Å². The van der Waals surface area contributed by atoms with Gasteiger partial charge in [0.25, 0.3) is 0 Å². The first kappa shape index (κ1) is 34.7. The topological polar surface area (TPSA) is 176 Å². The van der Waals surface area contributed by atoms with Crippen LogP contribution >= 0.6 is 0 Å². The number of nitrogens with two attached hydrogens (primary N) is 1. The Morgan fingerprint density at radius 3 is 1.96 bits per heavy atom. The molecule has 0 saturated heterocycles. The number of hydrogen-bond acceptors (Lipinski definition) is 7. The number of ether oxygens (including phenoxy) is 2. The molecule has 0 heterocycles. The lowest BCUT2D eigenvalue weighted by Gasteiger charge is -2.26. The zero-order valence-corrected chi connectivity index (χ0v) is 27.3. The van der Waals surface area contributed by atoms with Gasteiger partial charge in [-0.3, -0.25) is 15.0 Å². The molecule has 0 aliphatic heterocycles. The van der Waals surface area contributed by atoms with Crippen molar-refractivity contribution in [2.24, 2.45) is 5.73 Å². The summed E-state index contributed by atoms with van der Waals surface area (Å²) < 4.78 is 11.9. The largest absolute Gasteiger partial charge is 0.493 e. The first-order valence-electron chi connectivity index (χ1n) is 15.7. The van der Waals surface area contributed by atoms with E-state index in [2.05, 4.69) is 16.0 Å². The van der Waals surface area contributed by atoms with Crippen molar-refractivity contribution in [3.63, 3.8) is 0 Å². The monoisotopic (exact) mass is 671 g/mol. The molecule has 11 heteroatoms. The summed E-state index contributed by atoms with van der Waals surface area (Å²) in [6, 6.07) is 34.1. The van der Waals surface area contributed by atoms with Crippen LogP contribution < -0.4 is 31.2 Å². The molecule has 0 aliphatic rings. The second-order valence-electron chi connectivity index (χ2n) is 11.3. The predicted octanol–water partition coefficient (Wildman–Crippen LogP) is 5.83. The SMILES string of the molecule is COc1cc([C@@H](Nc2ccc(C(=N)N)cc2)C(=O)N[C@H](C(=O)O)c2ccccc2)c(NC(=O)Cc2ccccc2)cc1OCc1ccccc1. The Morgan fingerprint density at radius 2 is 1.38 bits per heavy atom. The third-order valence-corrected chi connectivity index (χ3v) is 7.80. The van der Waals surface area contributed by atoms with Crippen LogP contribution in [0.3, 0.4) is 0 Å². The van der Waals surface area contributed by atoms with Crippen molar-refractivity contribution >= 4 is 35.0 Å². The number of benzene rings is 5. The number of carbonyl (C=O) groups excluding carboxylic acids is 2. The number of nitrogen functional groups attached to an aromatic ring is 1. The average molecular weight is 672 g/mol. The van der Waals surface area contributed by atoms with E-state index in [-0.39, 0.29) is 41.8 Å². The van der Waals surface area contributed by atoms with Crippen LogP contribution in [0.1, 0.15) is 39.9 Å². The van der Waals surface area contributed by atoms with E-state index in [9.17, 15) is 19.5 Å². The lowest BCUT2D eigenvalue weighted by Crippen LogP contribution is -2.39.